The van der Waals surface area contributed by atoms with E-state index >= 15 is 0 Å². The molecule has 0 saturated carbocycles. The fraction of sp³-hybridized carbons (Fsp3) is 0.357. The molecule has 0 amide bonds. The van der Waals surface area contributed by atoms with E-state index in [1.54, 1.807) is 12.1 Å². The van der Waals surface area contributed by atoms with Crippen molar-refractivity contribution in [2.45, 2.75) is 26.9 Å². The molecule has 1 heterocycles. The summed E-state index contributed by atoms with van der Waals surface area (Å²) in [7, 11) is 0. The number of halogens is 1. The standard InChI is InChI=1S/C14H18FN5O/c1-4-16-12-18-13(20-14(19-12)21-9(2)3)17-11-7-5-10(15)6-8-11/h5-9H,4H2,1-3H3,(H2,16,17,18,19,20). The van der Waals surface area contributed by atoms with E-state index < -0.39 is 0 Å². The van der Waals surface area contributed by atoms with Crippen LogP contribution in [0.1, 0.15) is 20.8 Å². The Bertz CT molecular complexity index is 588. The van der Waals surface area contributed by atoms with Crippen molar-refractivity contribution in [3.8, 4) is 6.01 Å². The van der Waals surface area contributed by atoms with Gasteiger partial charge in [-0.3, -0.25) is 0 Å². The fourth-order valence-corrected chi connectivity index (χ4v) is 1.58. The molecule has 0 fully saturated rings. The molecule has 0 atom stereocenters. The Balaban J connectivity index is 2.24. The molecule has 0 bridgehead atoms. The first-order chi connectivity index (χ1) is 10.1. The van der Waals surface area contributed by atoms with E-state index in [-0.39, 0.29) is 17.9 Å². The van der Waals surface area contributed by atoms with Gasteiger partial charge >= 0.3 is 6.01 Å². The van der Waals surface area contributed by atoms with E-state index in [0.29, 0.717) is 24.1 Å². The first-order valence-corrected chi connectivity index (χ1v) is 6.76. The highest BCUT2D eigenvalue weighted by atomic mass is 19.1. The molecule has 2 rings (SSSR count). The zero-order valence-electron chi connectivity index (χ0n) is 12.2. The van der Waals surface area contributed by atoms with Gasteiger partial charge in [0.1, 0.15) is 5.82 Å². The molecule has 2 aromatic rings. The minimum atomic E-state index is -0.298. The topological polar surface area (TPSA) is 72.0 Å². The lowest BCUT2D eigenvalue weighted by Crippen LogP contribution is -2.12. The second kappa shape index (κ2) is 6.83. The Labute approximate surface area is 122 Å². The van der Waals surface area contributed by atoms with Crippen molar-refractivity contribution in [3.63, 3.8) is 0 Å². The summed E-state index contributed by atoms with van der Waals surface area (Å²) in [6.45, 7) is 6.41. The molecule has 0 radical (unpaired) electrons. The number of ether oxygens (including phenoxy) is 1. The van der Waals surface area contributed by atoms with Crippen LogP contribution >= 0.6 is 0 Å². The Morgan fingerprint density at radius 1 is 1.10 bits per heavy atom. The molecule has 0 aliphatic rings. The van der Waals surface area contributed by atoms with Gasteiger partial charge in [-0.2, -0.15) is 15.0 Å². The Morgan fingerprint density at radius 2 is 1.76 bits per heavy atom. The second-order valence-corrected chi connectivity index (χ2v) is 4.59. The maximum absolute atomic E-state index is 12.9. The molecule has 0 spiro atoms. The van der Waals surface area contributed by atoms with Crippen molar-refractivity contribution in [2.24, 2.45) is 0 Å². The number of nitrogens with one attached hydrogen (secondary N) is 2. The number of aromatic nitrogens is 3. The van der Waals surface area contributed by atoms with Crippen LogP contribution in [0.4, 0.5) is 22.0 Å². The largest absolute Gasteiger partial charge is 0.461 e. The minimum Gasteiger partial charge on any atom is -0.461 e. The van der Waals surface area contributed by atoms with E-state index in [2.05, 4.69) is 25.6 Å². The van der Waals surface area contributed by atoms with Gasteiger partial charge in [0.25, 0.3) is 0 Å². The van der Waals surface area contributed by atoms with Gasteiger partial charge in [-0.05, 0) is 45.0 Å². The average molecular weight is 291 g/mol. The van der Waals surface area contributed by atoms with Gasteiger partial charge in [0, 0.05) is 12.2 Å². The SMILES string of the molecule is CCNc1nc(Nc2ccc(F)cc2)nc(OC(C)C)n1. The normalized spacial score (nSPS) is 10.5. The van der Waals surface area contributed by atoms with E-state index in [9.17, 15) is 4.39 Å². The molecule has 0 unspecified atom stereocenters. The summed E-state index contributed by atoms with van der Waals surface area (Å²) < 4.78 is 18.4. The highest BCUT2D eigenvalue weighted by Crippen LogP contribution is 2.17. The van der Waals surface area contributed by atoms with Crippen LogP contribution in [0, 0.1) is 5.82 Å². The van der Waals surface area contributed by atoms with E-state index in [0.717, 1.165) is 0 Å². The van der Waals surface area contributed by atoms with Gasteiger partial charge in [0.15, 0.2) is 0 Å². The van der Waals surface area contributed by atoms with Gasteiger partial charge in [0.2, 0.25) is 11.9 Å². The van der Waals surface area contributed by atoms with Crippen molar-refractivity contribution in [1.29, 1.82) is 0 Å². The highest BCUT2D eigenvalue weighted by molar-refractivity contribution is 5.54. The number of anilines is 3. The van der Waals surface area contributed by atoms with Gasteiger partial charge < -0.3 is 15.4 Å². The van der Waals surface area contributed by atoms with Crippen molar-refractivity contribution in [3.05, 3.63) is 30.1 Å². The van der Waals surface area contributed by atoms with Crippen LogP contribution in [0.15, 0.2) is 24.3 Å². The molecule has 7 heteroatoms. The first-order valence-electron chi connectivity index (χ1n) is 6.76. The third-order valence-corrected chi connectivity index (χ3v) is 2.39. The molecule has 0 aliphatic carbocycles. The van der Waals surface area contributed by atoms with Crippen LogP contribution in [0.3, 0.4) is 0 Å². The monoisotopic (exact) mass is 291 g/mol. The predicted molar refractivity (Wildman–Crippen MR) is 79.4 cm³/mol. The molecule has 112 valence electrons. The number of hydrogen-bond donors (Lipinski definition) is 2. The van der Waals surface area contributed by atoms with Crippen LogP contribution in [-0.4, -0.2) is 27.6 Å². The Hall–Kier alpha value is -2.44. The summed E-state index contributed by atoms with van der Waals surface area (Å²) >= 11 is 0. The third kappa shape index (κ3) is 4.55. The number of benzene rings is 1. The maximum atomic E-state index is 12.9. The van der Waals surface area contributed by atoms with Crippen LogP contribution in [0.25, 0.3) is 0 Å². The summed E-state index contributed by atoms with van der Waals surface area (Å²) in [5, 5.41) is 6.01. The third-order valence-electron chi connectivity index (χ3n) is 2.39. The quantitative estimate of drug-likeness (QED) is 0.852. The van der Waals surface area contributed by atoms with E-state index in [1.165, 1.54) is 12.1 Å². The van der Waals surface area contributed by atoms with E-state index in [4.69, 9.17) is 4.74 Å². The summed E-state index contributed by atoms with van der Waals surface area (Å²) in [4.78, 5) is 12.6. The van der Waals surface area contributed by atoms with Crippen molar-refractivity contribution in [1.82, 2.24) is 15.0 Å². The lowest BCUT2D eigenvalue weighted by Gasteiger charge is -2.11. The van der Waals surface area contributed by atoms with Gasteiger partial charge in [0.05, 0.1) is 6.10 Å². The van der Waals surface area contributed by atoms with Gasteiger partial charge in [-0.1, -0.05) is 0 Å². The first kappa shape index (κ1) is 15.0. The number of hydrogen-bond acceptors (Lipinski definition) is 6. The zero-order valence-corrected chi connectivity index (χ0v) is 12.2. The molecular weight excluding hydrogens is 273 g/mol. The lowest BCUT2D eigenvalue weighted by molar-refractivity contribution is 0.222. The Morgan fingerprint density at radius 3 is 2.38 bits per heavy atom. The van der Waals surface area contributed by atoms with Crippen LogP contribution in [0.2, 0.25) is 0 Å². The molecule has 0 aliphatic heterocycles. The summed E-state index contributed by atoms with van der Waals surface area (Å²) in [5.74, 6) is 0.462. The zero-order chi connectivity index (χ0) is 15.2. The summed E-state index contributed by atoms with van der Waals surface area (Å²) in [5.41, 5.74) is 0.681. The maximum Gasteiger partial charge on any atom is 0.323 e. The van der Waals surface area contributed by atoms with Crippen LogP contribution in [0.5, 0.6) is 6.01 Å². The summed E-state index contributed by atoms with van der Waals surface area (Å²) in [6.07, 6.45) is -0.0412. The summed E-state index contributed by atoms with van der Waals surface area (Å²) in [6, 6.07) is 6.17. The number of nitrogens with zero attached hydrogens (tertiary/aromatic N) is 3. The molecule has 1 aromatic carbocycles. The molecule has 1 aromatic heterocycles. The molecule has 6 nitrogen and oxygen atoms in total. The fourth-order valence-electron chi connectivity index (χ4n) is 1.58. The number of rotatable bonds is 6. The molecule has 0 saturated heterocycles. The van der Waals surface area contributed by atoms with Crippen molar-refractivity contribution in [2.75, 3.05) is 17.2 Å². The van der Waals surface area contributed by atoms with Gasteiger partial charge in [-0.15, -0.1) is 0 Å². The Kier molecular flexibility index (Phi) is 4.86. The highest BCUT2D eigenvalue weighted by Gasteiger charge is 2.09. The van der Waals surface area contributed by atoms with Crippen molar-refractivity contribution < 1.29 is 9.13 Å². The van der Waals surface area contributed by atoms with Crippen LogP contribution in [-0.2, 0) is 0 Å². The molecule has 21 heavy (non-hydrogen) atoms. The van der Waals surface area contributed by atoms with Crippen LogP contribution < -0.4 is 15.4 Å². The smallest absolute Gasteiger partial charge is 0.323 e. The minimum absolute atomic E-state index is 0.0412. The van der Waals surface area contributed by atoms with Crippen molar-refractivity contribution >= 4 is 17.6 Å². The van der Waals surface area contributed by atoms with Gasteiger partial charge in [-0.25, -0.2) is 4.39 Å². The second-order valence-electron chi connectivity index (χ2n) is 4.59. The predicted octanol–water partition coefficient (Wildman–Crippen LogP) is 2.97. The average Bonchev–Trinajstić information content (AvgIpc) is 2.41. The molecular formula is C14H18FN5O. The van der Waals surface area contributed by atoms with E-state index in [1.807, 2.05) is 20.8 Å². The lowest BCUT2D eigenvalue weighted by atomic mass is 10.3. The molecule has 2 N–H and O–H groups in total.